The van der Waals surface area contributed by atoms with Gasteiger partial charge in [0.25, 0.3) is 0 Å². The average Bonchev–Trinajstić information content (AvgIpc) is 2.80. The quantitative estimate of drug-likeness (QED) is 0.675. The number of carbonyl (C=O) groups is 1. The second-order valence-corrected chi connectivity index (χ2v) is 4.99. The number of fused-ring (bicyclic) bond motifs is 1. The molecule has 2 aromatic carbocycles. The van der Waals surface area contributed by atoms with Gasteiger partial charge in [0, 0.05) is 5.56 Å². The van der Waals surface area contributed by atoms with E-state index in [4.69, 9.17) is 4.42 Å². The molecular formula is C17H15NO2. The third-order valence-corrected chi connectivity index (χ3v) is 3.33. The first-order valence-electron chi connectivity index (χ1n) is 6.58. The van der Waals surface area contributed by atoms with Crippen LogP contribution in [0.4, 0.5) is 0 Å². The number of benzene rings is 2. The molecule has 0 bridgehead atoms. The Morgan fingerprint density at radius 2 is 1.95 bits per heavy atom. The van der Waals surface area contributed by atoms with Gasteiger partial charge in [-0.15, -0.1) is 0 Å². The molecule has 3 heteroatoms. The number of ketones is 1. The molecular weight excluding hydrogens is 250 g/mol. The third kappa shape index (κ3) is 2.35. The molecule has 0 radical (unpaired) electrons. The van der Waals surface area contributed by atoms with Gasteiger partial charge in [0.1, 0.15) is 5.52 Å². The molecule has 0 unspecified atom stereocenters. The molecule has 0 fully saturated rings. The molecule has 3 aromatic rings. The summed E-state index contributed by atoms with van der Waals surface area (Å²) < 4.78 is 5.59. The van der Waals surface area contributed by atoms with Crippen LogP contribution in [0.5, 0.6) is 0 Å². The first-order valence-corrected chi connectivity index (χ1v) is 6.58. The molecule has 0 spiro atoms. The highest BCUT2D eigenvalue weighted by Gasteiger charge is 2.14. The molecule has 3 nitrogen and oxygen atoms in total. The minimum absolute atomic E-state index is 0.0362. The molecule has 0 saturated heterocycles. The molecule has 0 aliphatic heterocycles. The van der Waals surface area contributed by atoms with E-state index in [-0.39, 0.29) is 12.2 Å². The van der Waals surface area contributed by atoms with Crippen molar-refractivity contribution in [2.45, 2.75) is 20.3 Å². The molecule has 0 atom stereocenters. The van der Waals surface area contributed by atoms with Crippen molar-refractivity contribution in [2.75, 3.05) is 0 Å². The largest absolute Gasteiger partial charge is 0.440 e. The SMILES string of the molecule is Cc1ccc(C(=O)Cc2nc3ccccc3o2)c(C)c1. The predicted octanol–water partition coefficient (Wildman–Crippen LogP) is 3.87. The monoisotopic (exact) mass is 265 g/mol. The van der Waals surface area contributed by atoms with Crippen molar-refractivity contribution >= 4 is 16.9 Å². The Labute approximate surface area is 117 Å². The first-order chi connectivity index (χ1) is 9.63. The summed E-state index contributed by atoms with van der Waals surface area (Å²) in [6, 6.07) is 13.4. The van der Waals surface area contributed by atoms with Gasteiger partial charge < -0.3 is 4.42 Å². The maximum absolute atomic E-state index is 12.3. The Balaban J connectivity index is 1.88. The lowest BCUT2D eigenvalue weighted by atomic mass is 10.0. The van der Waals surface area contributed by atoms with E-state index < -0.39 is 0 Å². The van der Waals surface area contributed by atoms with Gasteiger partial charge in [-0.1, -0.05) is 35.9 Å². The van der Waals surface area contributed by atoms with Crippen LogP contribution in [0.1, 0.15) is 27.4 Å². The number of nitrogens with zero attached hydrogens (tertiary/aromatic N) is 1. The summed E-state index contributed by atoms with van der Waals surface area (Å²) in [4.78, 5) is 16.7. The van der Waals surface area contributed by atoms with E-state index in [9.17, 15) is 4.79 Å². The van der Waals surface area contributed by atoms with Crippen molar-refractivity contribution in [3.05, 3.63) is 65.0 Å². The Bertz CT molecular complexity index is 754. The Morgan fingerprint density at radius 1 is 1.15 bits per heavy atom. The average molecular weight is 265 g/mol. The molecule has 1 heterocycles. The zero-order valence-corrected chi connectivity index (χ0v) is 11.5. The smallest absolute Gasteiger partial charge is 0.203 e. The predicted molar refractivity (Wildman–Crippen MR) is 78.0 cm³/mol. The van der Waals surface area contributed by atoms with Crippen molar-refractivity contribution in [1.29, 1.82) is 0 Å². The summed E-state index contributed by atoms with van der Waals surface area (Å²) in [6.45, 7) is 3.97. The van der Waals surface area contributed by atoms with Gasteiger partial charge in [0.05, 0.1) is 6.42 Å². The summed E-state index contributed by atoms with van der Waals surface area (Å²) in [5.41, 5.74) is 4.39. The van der Waals surface area contributed by atoms with E-state index in [1.165, 1.54) is 0 Å². The molecule has 100 valence electrons. The van der Waals surface area contributed by atoms with E-state index in [1.54, 1.807) is 0 Å². The lowest BCUT2D eigenvalue weighted by Gasteiger charge is -2.04. The maximum Gasteiger partial charge on any atom is 0.203 e. The van der Waals surface area contributed by atoms with Gasteiger partial charge in [-0.2, -0.15) is 0 Å². The van der Waals surface area contributed by atoms with E-state index in [0.717, 1.165) is 27.8 Å². The molecule has 0 saturated carbocycles. The highest BCUT2D eigenvalue weighted by atomic mass is 16.3. The second kappa shape index (κ2) is 4.93. The van der Waals surface area contributed by atoms with Crippen molar-refractivity contribution in [1.82, 2.24) is 4.98 Å². The van der Waals surface area contributed by atoms with Gasteiger partial charge in [-0.25, -0.2) is 4.98 Å². The standard InChI is InChI=1S/C17H15NO2/c1-11-7-8-13(12(2)9-11)15(19)10-17-18-14-5-3-4-6-16(14)20-17/h3-9H,10H2,1-2H3. The summed E-state index contributed by atoms with van der Waals surface area (Å²) in [6.07, 6.45) is 0.193. The number of hydrogen-bond donors (Lipinski definition) is 0. The third-order valence-electron chi connectivity index (χ3n) is 3.33. The molecule has 0 N–H and O–H groups in total. The van der Waals surface area contributed by atoms with E-state index in [1.807, 2.05) is 56.3 Å². The number of aryl methyl sites for hydroxylation is 2. The van der Waals surface area contributed by atoms with Crippen molar-refractivity contribution in [2.24, 2.45) is 0 Å². The number of rotatable bonds is 3. The van der Waals surface area contributed by atoms with Crippen LogP contribution in [0.3, 0.4) is 0 Å². The van der Waals surface area contributed by atoms with Gasteiger partial charge in [0.2, 0.25) is 5.89 Å². The number of Topliss-reactive ketones (excluding diaryl/α,β-unsaturated/α-hetero) is 1. The van der Waals surface area contributed by atoms with Crippen LogP contribution in [-0.4, -0.2) is 10.8 Å². The molecule has 1 aromatic heterocycles. The van der Waals surface area contributed by atoms with Crippen LogP contribution in [0.25, 0.3) is 11.1 Å². The van der Waals surface area contributed by atoms with Crippen LogP contribution >= 0.6 is 0 Å². The summed E-state index contributed by atoms with van der Waals surface area (Å²) in [5, 5.41) is 0. The van der Waals surface area contributed by atoms with Gasteiger partial charge >= 0.3 is 0 Å². The van der Waals surface area contributed by atoms with Crippen LogP contribution < -0.4 is 0 Å². The number of carbonyl (C=O) groups excluding carboxylic acids is 1. The lowest BCUT2D eigenvalue weighted by Crippen LogP contribution is -2.06. The molecule has 3 rings (SSSR count). The number of oxazole rings is 1. The fourth-order valence-electron chi connectivity index (χ4n) is 2.35. The summed E-state index contributed by atoms with van der Waals surface area (Å²) in [5.74, 6) is 0.505. The van der Waals surface area contributed by atoms with E-state index >= 15 is 0 Å². The molecule has 0 aliphatic carbocycles. The highest BCUT2D eigenvalue weighted by molar-refractivity contribution is 5.98. The zero-order valence-electron chi connectivity index (χ0n) is 11.5. The molecule has 0 amide bonds. The van der Waals surface area contributed by atoms with Crippen LogP contribution in [0.15, 0.2) is 46.9 Å². The van der Waals surface area contributed by atoms with Crippen LogP contribution in [-0.2, 0) is 6.42 Å². The second-order valence-electron chi connectivity index (χ2n) is 4.99. The number of hydrogen-bond acceptors (Lipinski definition) is 3. The Hall–Kier alpha value is -2.42. The topological polar surface area (TPSA) is 43.1 Å². The van der Waals surface area contributed by atoms with E-state index in [0.29, 0.717) is 5.89 Å². The van der Waals surface area contributed by atoms with Crippen molar-refractivity contribution in [3.8, 4) is 0 Å². The molecule has 20 heavy (non-hydrogen) atoms. The van der Waals surface area contributed by atoms with Crippen LogP contribution in [0, 0.1) is 13.8 Å². The summed E-state index contributed by atoms with van der Waals surface area (Å²) in [7, 11) is 0. The van der Waals surface area contributed by atoms with Gasteiger partial charge in [-0.3, -0.25) is 4.79 Å². The first kappa shape index (κ1) is 12.6. The zero-order chi connectivity index (χ0) is 14.1. The van der Waals surface area contributed by atoms with Crippen LogP contribution in [0.2, 0.25) is 0 Å². The normalized spacial score (nSPS) is 10.9. The maximum atomic E-state index is 12.3. The minimum atomic E-state index is 0.0362. The van der Waals surface area contributed by atoms with Crippen molar-refractivity contribution < 1.29 is 9.21 Å². The Kier molecular flexibility index (Phi) is 3.11. The minimum Gasteiger partial charge on any atom is -0.440 e. The molecule has 0 aliphatic rings. The Morgan fingerprint density at radius 3 is 2.70 bits per heavy atom. The summed E-state index contributed by atoms with van der Waals surface area (Å²) >= 11 is 0. The van der Waals surface area contributed by atoms with Crippen molar-refractivity contribution in [3.63, 3.8) is 0 Å². The highest BCUT2D eigenvalue weighted by Crippen LogP contribution is 2.18. The number of aromatic nitrogens is 1. The van der Waals surface area contributed by atoms with Gasteiger partial charge in [0.15, 0.2) is 11.4 Å². The fourth-order valence-corrected chi connectivity index (χ4v) is 2.35. The number of para-hydroxylation sites is 2. The van der Waals surface area contributed by atoms with E-state index in [2.05, 4.69) is 4.98 Å². The van der Waals surface area contributed by atoms with Gasteiger partial charge in [-0.05, 0) is 31.5 Å². The fraction of sp³-hybridized carbons (Fsp3) is 0.176. The lowest BCUT2D eigenvalue weighted by molar-refractivity contribution is 0.0985.